The minimum Gasteiger partial charge on any atom is -0.465 e. The van der Waals surface area contributed by atoms with E-state index in [1.165, 1.54) is 47.5 Å². The second-order valence-electron chi connectivity index (χ2n) is 8.19. The first-order valence-corrected chi connectivity index (χ1v) is 12.5. The maximum atomic E-state index is 13.1. The van der Waals surface area contributed by atoms with Gasteiger partial charge >= 0.3 is 5.97 Å². The van der Waals surface area contributed by atoms with Crippen LogP contribution in [0.1, 0.15) is 36.0 Å². The van der Waals surface area contributed by atoms with Gasteiger partial charge in [0.1, 0.15) is 5.00 Å². The minimum atomic E-state index is -0.471. The standard InChI is InChI=1S/C25H21N3O5S2/c1-33-25(30)22-18-9-10-27(13-15-5-3-2-4-6-15)14-21(18)35-24(22)26-23(29)20-12-16-11-17(28(31)32)7-8-19(16)34-20/h2-8,11-12H,9-10,13-14H2,1H3,(H,26,29). The van der Waals surface area contributed by atoms with Crippen LogP contribution >= 0.6 is 22.7 Å². The van der Waals surface area contributed by atoms with Gasteiger partial charge in [0.05, 0.1) is 22.5 Å². The Labute approximate surface area is 208 Å². The quantitative estimate of drug-likeness (QED) is 0.211. The van der Waals surface area contributed by atoms with E-state index in [1.807, 2.05) is 18.2 Å². The summed E-state index contributed by atoms with van der Waals surface area (Å²) in [6.07, 6.45) is 0.686. The Hall–Kier alpha value is -3.60. The summed E-state index contributed by atoms with van der Waals surface area (Å²) >= 11 is 2.64. The number of methoxy groups -OCH3 is 1. The zero-order valence-electron chi connectivity index (χ0n) is 18.8. The van der Waals surface area contributed by atoms with E-state index >= 15 is 0 Å². The van der Waals surface area contributed by atoms with Crippen molar-refractivity contribution in [2.24, 2.45) is 0 Å². The van der Waals surface area contributed by atoms with E-state index in [0.717, 1.165) is 28.2 Å². The number of non-ortho nitro benzene ring substituents is 1. The first-order chi connectivity index (χ1) is 16.9. The number of ether oxygens (including phenoxy) is 1. The molecule has 2 aromatic heterocycles. The number of amides is 1. The highest BCUT2D eigenvalue weighted by Gasteiger charge is 2.29. The van der Waals surface area contributed by atoms with Crippen LogP contribution in [0.15, 0.2) is 54.6 Å². The number of hydrogen-bond acceptors (Lipinski definition) is 8. The van der Waals surface area contributed by atoms with Gasteiger partial charge in [0.25, 0.3) is 11.6 Å². The highest BCUT2D eigenvalue weighted by Crippen LogP contribution is 2.39. The van der Waals surface area contributed by atoms with Crippen molar-refractivity contribution in [1.82, 2.24) is 4.90 Å². The lowest BCUT2D eigenvalue weighted by atomic mass is 10.0. The summed E-state index contributed by atoms with van der Waals surface area (Å²) in [6, 6.07) is 16.4. The number of nitrogens with zero attached hydrogens (tertiary/aromatic N) is 2. The minimum absolute atomic E-state index is 0.0266. The summed E-state index contributed by atoms with van der Waals surface area (Å²) in [7, 11) is 1.33. The smallest absolute Gasteiger partial charge is 0.341 e. The molecule has 0 saturated carbocycles. The number of esters is 1. The molecule has 35 heavy (non-hydrogen) atoms. The van der Waals surface area contributed by atoms with Crippen LogP contribution < -0.4 is 5.32 Å². The summed E-state index contributed by atoms with van der Waals surface area (Å²) in [6.45, 7) is 2.29. The maximum absolute atomic E-state index is 13.1. The Morgan fingerprint density at radius 3 is 2.69 bits per heavy atom. The maximum Gasteiger partial charge on any atom is 0.341 e. The fourth-order valence-electron chi connectivity index (χ4n) is 4.26. The molecule has 5 rings (SSSR count). The number of nitrogens with one attached hydrogen (secondary N) is 1. The van der Waals surface area contributed by atoms with Gasteiger partial charge in [-0.25, -0.2) is 4.79 Å². The van der Waals surface area contributed by atoms with Crippen molar-refractivity contribution in [3.05, 3.63) is 91.2 Å². The molecule has 1 N–H and O–H groups in total. The van der Waals surface area contributed by atoms with E-state index in [1.54, 1.807) is 12.1 Å². The summed E-state index contributed by atoms with van der Waals surface area (Å²) in [5.41, 5.74) is 2.53. The SMILES string of the molecule is COC(=O)c1c(NC(=O)c2cc3cc([N+](=O)[O-])ccc3s2)sc2c1CCN(Cc1ccccc1)C2. The van der Waals surface area contributed by atoms with E-state index < -0.39 is 10.9 Å². The van der Waals surface area contributed by atoms with Gasteiger partial charge in [-0.1, -0.05) is 30.3 Å². The van der Waals surface area contributed by atoms with E-state index in [4.69, 9.17) is 4.74 Å². The number of thiophene rings is 2. The van der Waals surface area contributed by atoms with Gasteiger partial charge in [-0.15, -0.1) is 22.7 Å². The van der Waals surface area contributed by atoms with Gasteiger partial charge in [0.15, 0.2) is 0 Å². The molecular weight excluding hydrogens is 486 g/mol. The van der Waals surface area contributed by atoms with Gasteiger partial charge in [-0.3, -0.25) is 19.8 Å². The number of anilines is 1. The van der Waals surface area contributed by atoms with Crippen LogP contribution in [0.4, 0.5) is 10.7 Å². The molecule has 2 aromatic carbocycles. The first-order valence-electron chi connectivity index (χ1n) is 10.9. The summed E-state index contributed by atoms with van der Waals surface area (Å²) < 4.78 is 5.81. The molecule has 0 bridgehead atoms. The van der Waals surface area contributed by atoms with Crippen molar-refractivity contribution in [3.63, 3.8) is 0 Å². The molecule has 1 amide bonds. The predicted octanol–water partition coefficient (Wildman–Crippen LogP) is 5.47. The Morgan fingerprint density at radius 1 is 1.14 bits per heavy atom. The van der Waals surface area contributed by atoms with E-state index in [9.17, 15) is 19.7 Å². The molecule has 8 nitrogen and oxygen atoms in total. The molecule has 178 valence electrons. The molecule has 0 atom stereocenters. The van der Waals surface area contributed by atoms with E-state index in [-0.39, 0.29) is 11.6 Å². The van der Waals surface area contributed by atoms with Crippen molar-refractivity contribution >= 4 is 55.3 Å². The molecular formula is C25H21N3O5S2. The second-order valence-corrected chi connectivity index (χ2v) is 10.4. The van der Waals surface area contributed by atoms with Crippen molar-refractivity contribution in [1.29, 1.82) is 0 Å². The van der Waals surface area contributed by atoms with Crippen LogP contribution in [0.5, 0.6) is 0 Å². The summed E-state index contributed by atoms with van der Waals surface area (Å²) in [5.74, 6) is -0.833. The Kier molecular flexibility index (Phi) is 6.33. The van der Waals surface area contributed by atoms with Gasteiger partial charge < -0.3 is 10.1 Å². The monoisotopic (exact) mass is 507 g/mol. The van der Waals surface area contributed by atoms with E-state index in [2.05, 4.69) is 22.3 Å². The van der Waals surface area contributed by atoms with Gasteiger partial charge in [0.2, 0.25) is 0 Å². The molecule has 4 aromatic rings. The summed E-state index contributed by atoms with van der Waals surface area (Å²) in [4.78, 5) is 40.1. The molecule has 0 saturated heterocycles. The largest absolute Gasteiger partial charge is 0.465 e. The topological polar surface area (TPSA) is 102 Å². The number of benzene rings is 2. The lowest BCUT2D eigenvalue weighted by Crippen LogP contribution is -2.29. The summed E-state index contributed by atoms with van der Waals surface area (Å²) in [5, 5.41) is 15.1. The molecule has 10 heteroatoms. The molecule has 0 radical (unpaired) electrons. The third kappa shape index (κ3) is 4.68. The third-order valence-electron chi connectivity index (χ3n) is 5.94. The van der Waals surface area contributed by atoms with Gasteiger partial charge in [-0.2, -0.15) is 0 Å². The second kappa shape index (κ2) is 9.57. The number of fused-ring (bicyclic) bond motifs is 2. The van der Waals surface area contributed by atoms with Crippen molar-refractivity contribution in [3.8, 4) is 0 Å². The average molecular weight is 508 g/mol. The third-order valence-corrected chi connectivity index (χ3v) is 8.18. The fourth-order valence-corrected chi connectivity index (χ4v) is 6.47. The van der Waals surface area contributed by atoms with Gasteiger partial charge in [0, 0.05) is 46.7 Å². The lowest BCUT2D eigenvalue weighted by molar-refractivity contribution is -0.384. The molecule has 0 spiro atoms. The van der Waals surface area contributed by atoms with Crippen LogP contribution in [0.3, 0.4) is 0 Å². The average Bonchev–Trinajstić information content (AvgIpc) is 3.44. The number of rotatable bonds is 6. The van der Waals surface area contributed by atoms with Crippen LogP contribution in [-0.2, 0) is 24.2 Å². The van der Waals surface area contributed by atoms with Crippen molar-refractivity contribution in [2.45, 2.75) is 19.5 Å². The highest BCUT2D eigenvalue weighted by molar-refractivity contribution is 7.21. The molecule has 0 aliphatic carbocycles. The van der Waals surface area contributed by atoms with Crippen molar-refractivity contribution in [2.75, 3.05) is 19.0 Å². The van der Waals surface area contributed by atoms with E-state index in [0.29, 0.717) is 33.8 Å². The lowest BCUT2D eigenvalue weighted by Gasteiger charge is -2.27. The molecule has 0 fully saturated rings. The first kappa shape index (κ1) is 23.2. The number of nitro groups is 1. The van der Waals surface area contributed by atoms with Crippen LogP contribution in [0, 0.1) is 10.1 Å². The Bertz CT molecular complexity index is 1440. The molecule has 1 aliphatic heterocycles. The molecule has 1 aliphatic rings. The number of carbonyl (C=O) groups excluding carboxylic acids is 2. The molecule has 3 heterocycles. The Morgan fingerprint density at radius 2 is 1.94 bits per heavy atom. The number of hydrogen-bond donors (Lipinski definition) is 1. The zero-order valence-corrected chi connectivity index (χ0v) is 20.4. The Balaban J connectivity index is 1.40. The predicted molar refractivity (Wildman–Crippen MR) is 136 cm³/mol. The van der Waals surface area contributed by atoms with Crippen LogP contribution in [-0.4, -0.2) is 35.4 Å². The zero-order chi connectivity index (χ0) is 24.5. The normalized spacial score (nSPS) is 13.4. The number of carbonyl (C=O) groups is 2. The molecule has 0 unspecified atom stereocenters. The fraction of sp³-hybridized carbons (Fsp3) is 0.200. The number of nitro benzene ring substituents is 1. The van der Waals surface area contributed by atoms with Crippen LogP contribution in [0.25, 0.3) is 10.1 Å². The van der Waals surface area contributed by atoms with Crippen LogP contribution in [0.2, 0.25) is 0 Å². The van der Waals surface area contributed by atoms with Crippen molar-refractivity contribution < 1.29 is 19.2 Å². The highest BCUT2D eigenvalue weighted by atomic mass is 32.1. The van der Waals surface area contributed by atoms with Gasteiger partial charge in [-0.05, 0) is 29.7 Å².